The van der Waals surface area contributed by atoms with Crippen molar-refractivity contribution in [2.75, 3.05) is 37.2 Å². The maximum Gasteiger partial charge on any atom is 0.0575 e. The number of hydrogen-bond acceptors (Lipinski definition) is 3. The number of nitrogens with one attached hydrogen (secondary N) is 1. The number of benzene rings is 1. The molecule has 0 radical (unpaired) electrons. The molecule has 0 spiro atoms. The van der Waals surface area contributed by atoms with E-state index in [1.165, 1.54) is 29.5 Å². The van der Waals surface area contributed by atoms with Crippen LogP contribution in [0.4, 0.5) is 11.4 Å². The molecule has 4 heteroatoms. The zero-order valence-corrected chi connectivity index (χ0v) is 11.5. The van der Waals surface area contributed by atoms with Crippen LogP contribution in [0, 0.1) is 3.57 Å². The third kappa shape index (κ3) is 3.25. The smallest absolute Gasteiger partial charge is 0.0575 e. The molecular weight excluding hydrogens is 313 g/mol. The van der Waals surface area contributed by atoms with Crippen molar-refractivity contribution in [2.24, 2.45) is 0 Å². The van der Waals surface area contributed by atoms with Crippen molar-refractivity contribution >= 4 is 34.0 Å². The van der Waals surface area contributed by atoms with Crippen molar-refractivity contribution in [3.63, 3.8) is 0 Å². The van der Waals surface area contributed by atoms with E-state index in [0.29, 0.717) is 0 Å². The number of nitrogens with zero attached hydrogens (tertiary/aromatic N) is 1. The highest BCUT2D eigenvalue weighted by molar-refractivity contribution is 14.1. The van der Waals surface area contributed by atoms with Gasteiger partial charge in [0, 0.05) is 16.7 Å². The van der Waals surface area contributed by atoms with E-state index in [1.807, 2.05) is 6.07 Å². The van der Waals surface area contributed by atoms with Gasteiger partial charge in [-0.3, -0.25) is 0 Å². The van der Waals surface area contributed by atoms with Gasteiger partial charge < -0.3 is 16.0 Å². The maximum atomic E-state index is 5.93. The number of likely N-dealkylation sites (tertiary alicyclic amines) is 1. The van der Waals surface area contributed by atoms with Gasteiger partial charge in [-0.1, -0.05) is 0 Å². The third-order valence-electron chi connectivity index (χ3n) is 2.96. The minimum absolute atomic E-state index is 0.841. The van der Waals surface area contributed by atoms with Crippen LogP contribution in [-0.4, -0.2) is 31.1 Å². The summed E-state index contributed by atoms with van der Waals surface area (Å²) >= 11 is 2.27. The average Bonchev–Trinajstić information content (AvgIpc) is 2.74. The second-order valence-corrected chi connectivity index (χ2v) is 5.45. The zero-order valence-electron chi connectivity index (χ0n) is 9.38. The SMILES string of the molecule is Nc1cc(I)ccc1NCCN1CCCC1. The van der Waals surface area contributed by atoms with Gasteiger partial charge in [0.25, 0.3) is 0 Å². The molecular formula is C12H18IN3. The summed E-state index contributed by atoms with van der Waals surface area (Å²) in [6.45, 7) is 4.60. The van der Waals surface area contributed by atoms with E-state index in [-0.39, 0.29) is 0 Å². The van der Waals surface area contributed by atoms with Crippen LogP contribution >= 0.6 is 22.6 Å². The van der Waals surface area contributed by atoms with Crippen molar-refractivity contribution in [1.29, 1.82) is 0 Å². The molecule has 0 aromatic heterocycles. The Hall–Kier alpha value is -0.490. The van der Waals surface area contributed by atoms with E-state index in [4.69, 9.17) is 5.73 Å². The van der Waals surface area contributed by atoms with E-state index in [2.05, 4.69) is 44.9 Å². The Bertz CT molecular complexity index is 348. The molecule has 0 bridgehead atoms. The number of nitrogens with two attached hydrogens (primary N) is 1. The number of nitrogen functional groups attached to an aromatic ring is 1. The van der Waals surface area contributed by atoms with Crippen LogP contribution in [0.5, 0.6) is 0 Å². The summed E-state index contributed by atoms with van der Waals surface area (Å²) in [5.41, 5.74) is 7.83. The Morgan fingerprint density at radius 2 is 2.06 bits per heavy atom. The van der Waals surface area contributed by atoms with Crippen LogP contribution in [-0.2, 0) is 0 Å². The molecule has 1 aliphatic heterocycles. The Balaban J connectivity index is 1.80. The Morgan fingerprint density at radius 1 is 1.31 bits per heavy atom. The Morgan fingerprint density at radius 3 is 2.75 bits per heavy atom. The summed E-state index contributed by atoms with van der Waals surface area (Å²) < 4.78 is 1.18. The van der Waals surface area contributed by atoms with Gasteiger partial charge in [0.1, 0.15) is 0 Å². The summed E-state index contributed by atoms with van der Waals surface area (Å²) in [6.07, 6.45) is 2.71. The first kappa shape index (κ1) is 12.0. The minimum Gasteiger partial charge on any atom is -0.397 e. The number of hydrogen-bond donors (Lipinski definition) is 2. The first-order valence-corrected chi connectivity index (χ1v) is 6.85. The lowest BCUT2D eigenvalue weighted by atomic mass is 10.2. The average molecular weight is 331 g/mol. The molecule has 16 heavy (non-hydrogen) atoms. The van der Waals surface area contributed by atoms with Gasteiger partial charge in [0.2, 0.25) is 0 Å². The first-order valence-electron chi connectivity index (χ1n) is 5.77. The summed E-state index contributed by atoms with van der Waals surface area (Å²) in [5.74, 6) is 0. The van der Waals surface area contributed by atoms with E-state index in [1.54, 1.807) is 0 Å². The van der Waals surface area contributed by atoms with E-state index in [0.717, 1.165) is 24.5 Å². The molecule has 0 atom stereocenters. The van der Waals surface area contributed by atoms with Gasteiger partial charge in [0.05, 0.1) is 11.4 Å². The second-order valence-electron chi connectivity index (χ2n) is 4.21. The fraction of sp³-hybridized carbons (Fsp3) is 0.500. The summed E-state index contributed by atoms with van der Waals surface area (Å²) in [6, 6.07) is 6.13. The van der Waals surface area contributed by atoms with Crippen molar-refractivity contribution in [3.05, 3.63) is 21.8 Å². The molecule has 0 unspecified atom stereocenters. The Kier molecular flexibility index (Phi) is 4.29. The van der Waals surface area contributed by atoms with Crippen LogP contribution in [0.3, 0.4) is 0 Å². The molecule has 1 saturated heterocycles. The van der Waals surface area contributed by atoms with Crippen LogP contribution in [0.15, 0.2) is 18.2 Å². The maximum absolute atomic E-state index is 5.93. The highest BCUT2D eigenvalue weighted by Gasteiger charge is 2.10. The zero-order chi connectivity index (χ0) is 11.4. The largest absolute Gasteiger partial charge is 0.397 e. The van der Waals surface area contributed by atoms with Crippen LogP contribution in [0.25, 0.3) is 0 Å². The fourth-order valence-corrected chi connectivity index (χ4v) is 2.56. The summed E-state index contributed by atoms with van der Waals surface area (Å²) in [4.78, 5) is 2.50. The lowest BCUT2D eigenvalue weighted by Gasteiger charge is -2.16. The number of halogens is 1. The molecule has 3 N–H and O–H groups in total. The molecule has 1 aromatic carbocycles. The molecule has 1 aliphatic rings. The third-order valence-corrected chi connectivity index (χ3v) is 3.63. The van der Waals surface area contributed by atoms with Crippen LogP contribution in [0.2, 0.25) is 0 Å². The number of rotatable bonds is 4. The molecule has 1 heterocycles. The minimum atomic E-state index is 0.841. The lowest BCUT2D eigenvalue weighted by Crippen LogP contribution is -2.26. The highest BCUT2D eigenvalue weighted by atomic mass is 127. The predicted molar refractivity (Wildman–Crippen MR) is 77.7 cm³/mol. The van der Waals surface area contributed by atoms with Crippen molar-refractivity contribution in [2.45, 2.75) is 12.8 Å². The van der Waals surface area contributed by atoms with Crippen molar-refractivity contribution in [3.8, 4) is 0 Å². The van der Waals surface area contributed by atoms with E-state index >= 15 is 0 Å². The van der Waals surface area contributed by atoms with Crippen molar-refractivity contribution in [1.82, 2.24) is 4.90 Å². The molecule has 0 saturated carbocycles. The molecule has 0 amide bonds. The standard InChI is InChI=1S/C12H18IN3/c13-10-3-4-12(11(14)9-10)15-5-8-16-6-1-2-7-16/h3-4,9,15H,1-2,5-8,14H2. The summed E-state index contributed by atoms with van der Waals surface area (Å²) in [7, 11) is 0. The Labute approximate surface area is 111 Å². The first-order chi connectivity index (χ1) is 7.75. The van der Waals surface area contributed by atoms with Gasteiger partial charge in [-0.15, -0.1) is 0 Å². The van der Waals surface area contributed by atoms with Gasteiger partial charge in [-0.25, -0.2) is 0 Å². The van der Waals surface area contributed by atoms with Crippen LogP contribution in [0.1, 0.15) is 12.8 Å². The monoisotopic (exact) mass is 331 g/mol. The van der Waals surface area contributed by atoms with Crippen molar-refractivity contribution < 1.29 is 0 Å². The highest BCUT2D eigenvalue weighted by Crippen LogP contribution is 2.20. The predicted octanol–water partition coefficient (Wildman–Crippen LogP) is 2.38. The topological polar surface area (TPSA) is 41.3 Å². The molecule has 3 nitrogen and oxygen atoms in total. The van der Waals surface area contributed by atoms with Gasteiger partial charge in [0.15, 0.2) is 0 Å². The molecule has 2 rings (SSSR count). The van der Waals surface area contributed by atoms with Gasteiger partial charge in [-0.05, 0) is 66.7 Å². The summed E-state index contributed by atoms with van der Waals surface area (Å²) in [5, 5.41) is 3.40. The second kappa shape index (κ2) is 5.72. The lowest BCUT2D eigenvalue weighted by molar-refractivity contribution is 0.353. The number of anilines is 2. The molecule has 0 aliphatic carbocycles. The fourth-order valence-electron chi connectivity index (χ4n) is 2.05. The molecule has 88 valence electrons. The van der Waals surface area contributed by atoms with Crippen LogP contribution < -0.4 is 11.1 Å². The normalized spacial score (nSPS) is 16.6. The van der Waals surface area contributed by atoms with E-state index < -0.39 is 0 Å². The van der Waals surface area contributed by atoms with Gasteiger partial charge in [-0.2, -0.15) is 0 Å². The molecule has 1 fully saturated rings. The van der Waals surface area contributed by atoms with Gasteiger partial charge >= 0.3 is 0 Å². The van der Waals surface area contributed by atoms with E-state index in [9.17, 15) is 0 Å². The quantitative estimate of drug-likeness (QED) is 0.658. The molecule has 1 aromatic rings.